The first-order valence-corrected chi connectivity index (χ1v) is 11.3. The Hall–Kier alpha value is -3.19. The second-order valence-corrected chi connectivity index (χ2v) is 9.02. The van der Waals surface area contributed by atoms with E-state index in [-0.39, 0.29) is 5.95 Å². The molecule has 0 atom stereocenters. The number of ether oxygens (including phenoxy) is 1. The minimum atomic E-state index is 0.164. The largest absolute Gasteiger partial charge is 0.372 e. The van der Waals surface area contributed by atoms with Gasteiger partial charge < -0.3 is 10.5 Å². The molecule has 1 aliphatic heterocycles. The van der Waals surface area contributed by atoms with Crippen LogP contribution in [0.15, 0.2) is 76.8 Å². The Kier molecular flexibility index (Phi) is 4.72. The van der Waals surface area contributed by atoms with Crippen molar-refractivity contribution in [2.45, 2.75) is 23.3 Å². The summed E-state index contributed by atoms with van der Waals surface area (Å²) < 4.78 is 5.70. The summed E-state index contributed by atoms with van der Waals surface area (Å²) in [5.41, 5.74) is 9.09. The van der Waals surface area contributed by atoms with E-state index in [0.717, 1.165) is 43.1 Å². The average Bonchev–Trinajstić information content (AvgIpc) is 2.79. The molecule has 5 nitrogen and oxygen atoms in total. The Bertz CT molecular complexity index is 1520. The van der Waals surface area contributed by atoms with Gasteiger partial charge in [0.1, 0.15) is 0 Å². The number of halogens is 1. The predicted molar refractivity (Wildman–Crippen MR) is 129 cm³/mol. The van der Waals surface area contributed by atoms with Crippen molar-refractivity contribution in [3.05, 3.63) is 82.9 Å². The van der Waals surface area contributed by atoms with Crippen molar-refractivity contribution in [1.82, 2.24) is 15.0 Å². The summed E-state index contributed by atoms with van der Waals surface area (Å²) in [6.07, 6.45) is 0. The van der Waals surface area contributed by atoms with Gasteiger partial charge in [-0.2, -0.15) is 9.97 Å². The smallest absolute Gasteiger partial charge is 0.224 e. The van der Waals surface area contributed by atoms with E-state index >= 15 is 0 Å². The molecule has 4 aromatic carbocycles. The molecule has 2 N–H and O–H groups in total. The second-order valence-electron chi connectivity index (χ2n) is 7.60. The molecule has 0 fully saturated rings. The van der Waals surface area contributed by atoms with Crippen LogP contribution in [0.5, 0.6) is 0 Å². The van der Waals surface area contributed by atoms with Crippen molar-refractivity contribution >= 4 is 50.9 Å². The molecule has 0 aliphatic carbocycles. The van der Waals surface area contributed by atoms with Gasteiger partial charge in [-0.05, 0) is 56.6 Å². The van der Waals surface area contributed by atoms with Gasteiger partial charge >= 0.3 is 0 Å². The number of hydrogen-bond donors (Lipinski definition) is 1. The summed E-state index contributed by atoms with van der Waals surface area (Å²) >= 11 is 8.21. The number of anilines is 1. The van der Waals surface area contributed by atoms with Gasteiger partial charge in [0.05, 0.1) is 18.2 Å². The van der Waals surface area contributed by atoms with Crippen LogP contribution in [-0.4, -0.2) is 15.0 Å². The third kappa shape index (κ3) is 3.28. The normalized spacial score (nSPS) is 13.0. The highest BCUT2D eigenvalue weighted by Gasteiger charge is 2.21. The topological polar surface area (TPSA) is 73.9 Å². The Morgan fingerprint density at radius 2 is 1.62 bits per heavy atom. The molecule has 0 saturated heterocycles. The lowest BCUT2D eigenvalue weighted by molar-refractivity contribution is 0.103. The second kappa shape index (κ2) is 7.74. The molecule has 1 aromatic heterocycles. The van der Waals surface area contributed by atoms with Crippen LogP contribution in [0.4, 0.5) is 5.95 Å². The highest BCUT2D eigenvalue weighted by molar-refractivity contribution is 7.99. The zero-order valence-corrected chi connectivity index (χ0v) is 18.5. The molecule has 0 radical (unpaired) electrons. The molecule has 0 spiro atoms. The summed E-state index contributed by atoms with van der Waals surface area (Å²) in [4.78, 5) is 14.7. The molecule has 5 aromatic rings. The minimum Gasteiger partial charge on any atom is -0.372 e. The van der Waals surface area contributed by atoms with Crippen LogP contribution in [-0.2, 0) is 18.0 Å². The SMILES string of the molecule is Nc1nc(Sc2cccc3ccccc23)nc(-c2c(Cl)cc3c4c(cccc24)COC3)n1. The lowest BCUT2D eigenvalue weighted by atomic mass is 9.94. The average molecular weight is 457 g/mol. The van der Waals surface area contributed by atoms with E-state index in [9.17, 15) is 0 Å². The molecular weight excluding hydrogens is 440 g/mol. The van der Waals surface area contributed by atoms with Gasteiger partial charge in [-0.3, -0.25) is 0 Å². The number of nitrogen functional groups attached to an aromatic ring is 1. The van der Waals surface area contributed by atoms with Crippen molar-refractivity contribution in [2.75, 3.05) is 5.73 Å². The summed E-state index contributed by atoms with van der Waals surface area (Å²) in [6.45, 7) is 1.11. The number of hydrogen-bond acceptors (Lipinski definition) is 6. The molecule has 0 amide bonds. The summed E-state index contributed by atoms with van der Waals surface area (Å²) in [5, 5.41) is 5.56. The van der Waals surface area contributed by atoms with E-state index in [1.54, 1.807) is 0 Å². The number of nitrogens with zero attached hydrogens (tertiary/aromatic N) is 3. The van der Waals surface area contributed by atoms with Crippen molar-refractivity contribution in [2.24, 2.45) is 0 Å². The van der Waals surface area contributed by atoms with Gasteiger partial charge in [0.15, 0.2) is 11.0 Å². The Morgan fingerprint density at radius 1 is 0.844 bits per heavy atom. The molecule has 1 aliphatic rings. The standard InChI is InChI=1S/C25H17ClN4OS/c26-19-11-16-13-31-12-15-7-3-9-18(21(15)16)22(19)23-28-24(27)30-25(29-23)32-20-10-4-6-14-5-1-2-8-17(14)20/h1-11H,12-13H2,(H2,27,28,29,30). The fourth-order valence-corrected chi connectivity index (χ4v) is 5.49. The molecule has 156 valence electrons. The fourth-order valence-electron chi connectivity index (χ4n) is 4.26. The Morgan fingerprint density at radius 3 is 2.56 bits per heavy atom. The van der Waals surface area contributed by atoms with E-state index in [1.165, 1.54) is 11.8 Å². The van der Waals surface area contributed by atoms with Crippen LogP contribution in [0.25, 0.3) is 32.9 Å². The van der Waals surface area contributed by atoms with E-state index in [0.29, 0.717) is 29.2 Å². The third-order valence-electron chi connectivity index (χ3n) is 5.60. The van der Waals surface area contributed by atoms with Gasteiger partial charge in [0.2, 0.25) is 5.95 Å². The molecule has 0 bridgehead atoms. The highest BCUT2D eigenvalue weighted by atomic mass is 35.5. The summed E-state index contributed by atoms with van der Waals surface area (Å²) in [7, 11) is 0. The Labute approximate surface area is 193 Å². The van der Waals surface area contributed by atoms with Crippen LogP contribution >= 0.6 is 23.4 Å². The summed E-state index contributed by atoms with van der Waals surface area (Å²) in [5.74, 6) is 0.637. The first kappa shape index (κ1) is 19.5. The number of fused-ring (bicyclic) bond motifs is 1. The third-order valence-corrected chi connectivity index (χ3v) is 6.84. The van der Waals surface area contributed by atoms with Crippen molar-refractivity contribution in [3.63, 3.8) is 0 Å². The number of aromatic nitrogens is 3. The van der Waals surface area contributed by atoms with E-state index in [1.807, 2.05) is 36.4 Å². The fraction of sp³-hybridized carbons (Fsp3) is 0.0800. The minimum absolute atomic E-state index is 0.164. The molecule has 0 saturated carbocycles. The number of benzene rings is 4. The quantitative estimate of drug-likeness (QED) is 0.345. The van der Waals surface area contributed by atoms with Crippen molar-refractivity contribution in [3.8, 4) is 11.4 Å². The van der Waals surface area contributed by atoms with Gasteiger partial charge in [-0.1, -0.05) is 66.2 Å². The lowest BCUT2D eigenvalue weighted by Crippen LogP contribution is -2.06. The van der Waals surface area contributed by atoms with Crippen LogP contribution in [0, 0.1) is 0 Å². The van der Waals surface area contributed by atoms with E-state index in [4.69, 9.17) is 27.1 Å². The van der Waals surface area contributed by atoms with Crippen LogP contribution in [0.3, 0.4) is 0 Å². The molecule has 2 heterocycles. The maximum atomic E-state index is 6.74. The Balaban J connectivity index is 1.51. The zero-order chi connectivity index (χ0) is 21.7. The van der Waals surface area contributed by atoms with E-state index in [2.05, 4.69) is 40.3 Å². The molecular formula is C25H17ClN4OS. The van der Waals surface area contributed by atoms with Crippen molar-refractivity contribution in [1.29, 1.82) is 0 Å². The van der Waals surface area contributed by atoms with Gasteiger partial charge in [0, 0.05) is 10.5 Å². The lowest BCUT2D eigenvalue weighted by Gasteiger charge is -2.20. The van der Waals surface area contributed by atoms with Gasteiger partial charge in [-0.15, -0.1) is 0 Å². The molecule has 7 heteroatoms. The first-order chi connectivity index (χ1) is 15.7. The number of nitrogens with two attached hydrogens (primary N) is 1. The maximum Gasteiger partial charge on any atom is 0.224 e. The highest BCUT2D eigenvalue weighted by Crippen LogP contribution is 2.40. The molecule has 6 rings (SSSR count). The number of rotatable bonds is 3. The van der Waals surface area contributed by atoms with Gasteiger partial charge in [-0.25, -0.2) is 4.98 Å². The monoisotopic (exact) mass is 456 g/mol. The maximum absolute atomic E-state index is 6.74. The van der Waals surface area contributed by atoms with Crippen LogP contribution in [0.2, 0.25) is 5.02 Å². The molecule has 0 unspecified atom stereocenters. The zero-order valence-electron chi connectivity index (χ0n) is 16.9. The summed E-state index contributed by atoms with van der Waals surface area (Å²) in [6, 6.07) is 22.5. The van der Waals surface area contributed by atoms with Crippen LogP contribution in [0.1, 0.15) is 11.1 Å². The van der Waals surface area contributed by atoms with E-state index < -0.39 is 0 Å². The van der Waals surface area contributed by atoms with Crippen molar-refractivity contribution < 1.29 is 4.74 Å². The molecule has 32 heavy (non-hydrogen) atoms. The predicted octanol–water partition coefficient (Wildman–Crippen LogP) is 6.26. The van der Waals surface area contributed by atoms with Gasteiger partial charge in [0.25, 0.3) is 0 Å². The van der Waals surface area contributed by atoms with Crippen LogP contribution < -0.4 is 5.73 Å². The first-order valence-electron chi connectivity index (χ1n) is 10.2.